The van der Waals surface area contributed by atoms with Gasteiger partial charge in [0.15, 0.2) is 6.61 Å². The van der Waals surface area contributed by atoms with Crippen LogP contribution in [0.2, 0.25) is 0 Å². The monoisotopic (exact) mass is 305 g/mol. The van der Waals surface area contributed by atoms with E-state index in [1.54, 1.807) is 6.07 Å². The largest absolute Gasteiger partial charge is 0.484 e. The number of alkyl halides is 3. The van der Waals surface area contributed by atoms with E-state index in [0.717, 1.165) is 4.90 Å². The number of hydrogen-bond acceptors (Lipinski definition) is 3. The molecule has 1 aromatic rings. The van der Waals surface area contributed by atoms with Gasteiger partial charge in [-0.3, -0.25) is 9.59 Å². The number of aliphatic carboxylic acids is 1. The molecule has 0 aliphatic rings. The minimum absolute atomic E-state index is 0.00138. The van der Waals surface area contributed by atoms with E-state index in [1.165, 1.54) is 25.2 Å². The molecule has 0 aromatic heterocycles. The fraction of sp³-hybridized carbons (Fsp3) is 0.385. The molecule has 1 rings (SSSR count). The highest BCUT2D eigenvalue weighted by Gasteiger charge is 2.28. The SMILES string of the molecule is CN(CC(=O)O)C(=O)Cc1cccc(OCC(F)(F)F)c1. The summed E-state index contributed by atoms with van der Waals surface area (Å²) in [6, 6.07) is 5.68. The van der Waals surface area contributed by atoms with Gasteiger partial charge < -0.3 is 14.7 Å². The van der Waals surface area contributed by atoms with Crippen LogP contribution in [0.4, 0.5) is 13.2 Å². The predicted molar refractivity (Wildman–Crippen MR) is 67.0 cm³/mol. The van der Waals surface area contributed by atoms with Gasteiger partial charge in [-0.2, -0.15) is 13.2 Å². The third-order valence-corrected chi connectivity index (χ3v) is 2.45. The molecular weight excluding hydrogens is 291 g/mol. The Bertz CT molecular complexity index is 516. The van der Waals surface area contributed by atoms with Crippen LogP contribution in [-0.2, 0) is 16.0 Å². The summed E-state index contributed by atoms with van der Waals surface area (Å²) >= 11 is 0. The number of hydrogen-bond donors (Lipinski definition) is 1. The molecule has 21 heavy (non-hydrogen) atoms. The molecule has 0 saturated heterocycles. The van der Waals surface area contributed by atoms with Crippen molar-refractivity contribution in [3.8, 4) is 5.75 Å². The normalized spacial score (nSPS) is 11.0. The van der Waals surface area contributed by atoms with Crippen molar-refractivity contribution in [3.63, 3.8) is 0 Å². The molecule has 0 aliphatic heterocycles. The van der Waals surface area contributed by atoms with Crippen molar-refractivity contribution >= 4 is 11.9 Å². The average Bonchev–Trinajstić information content (AvgIpc) is 2.35. The number of nitrogens with zero attached hydrogens (tertiary/aromatic N) is 1. The molecule has 1 amide bonds. The maximum Gasteiger partial charge on any atom is 0.422 e. The summed E-state index contributed by atoms with van der Waals surface area (Å²) in [5, 5.41) is 8.57. The second kappa shape index (κ2) is 6.96. The Hall–Kier alpha value is -2.25. The zero-order valence-corrected chi connectivity index (χ0v) is 11.2. The van der Waals surface area contributed by atoms with Gasteiger partial charge in [0.05, 0.1) is 6.42 Å². The summed E-state index contributed by atoms with van der Waals surface area (Å²) < 4.78 is 40.7. The minimum atomic E-state index is -4.44. The third kappa shape index (κ3) is 6.64. The molecule has 116 valence electrons. The summed E-state index contributed by atoms with van der Waals surface area (Å²) in [4.78, 5) is 23.2. The lowest BCUT2D eigenvalue weighted by Gasteiger charge is -2.15. The summed E-state index contributed by atoms with van der Waals surface area (Å²) in [5.74, 6) is -1.60. The molecule has 0 aliphatic carbocycles. The molecule has 0 atom stereocenters. The quantitative estimate of drug-likeness (QED) is 0.869. The molecule has 0 unspecified atom stereocenters. The van der Waals surface area contributed by atoms with Crippen LogP contribution in [0.25, 0.3) is 0 Å². The predicted octanol–water partition coefficient (Wildman–Crippen LogP) is 1.71. The van der Waals surface area contributed by atoms with Crippen LogP contribution in [-0.4, -0.2) is 48.3 Å². The van der Waals surface area contributed by atoms with Gasteiger partial charge in [0, 0.05) is 7.05 Å². The highest BCUT2D eigenvalue weighted by molar-refractivity contribution is 5.82. The Morgan fingerprint density at radius 2 is 2.00 bits per heavy atom. The number of rotatable bonds is 6. The third-order valence-electron chi connectivity index (χ3n) is 2.45. The first-order valence-corrected chi connectivity index (χ1v) is 5.91. The second-order valence-electron chi connectivity index (χ2n) is 4.37. The van der Waals surface area contributed by atoms with Gasteiger partial charge in [0.1, 0.15) is 12.3 Å². The van der Waals surface area contributed by atoms with E-state index in [4.69, 9.17) is 5.11 Å². The van der Waals surface area contributed by atoms with Crippen LogP contribution in [0.1, 0.15) is 5.56 Å². The van der Waals surface area contributed by atoms with Gasteiger partial charge in [-0.1, -0.05) is 12.1 Å². The number of likely N-dealkylation sites (N-methyl/N-ethyl adjacent to an activating group) is 1. The summed E-state index contributed by atoms with van der Waals surface area (Å²) in [5.41, 5.74) is 0.442. The first-order valence-electron chi connectivity index (χ1n) is 5.91. The fourth-order valence-electron chi connectivity index (χ4n) is 1.51. The van der Waals surface area contributed by atoms with Crippen LogP contribution >= 0.6 is 0 Å². The average molecular weight is 305 g/mol. The van der Waals surface area contributed by atoms with Gasteiger partial charge in [0.2, 0.25) is 5.91 Å². The van der Waals surface area contributed by atoms with Crippen LogP contribution in [0, 0.1) is 0 Å². The maximum absolute atomic E-state index is 12.0. The standard InChI is InChI=1S/C13H14F3NO4/c1-17(7-12(19)20)11(18)6-9-3-2-4-10(5-9)21-8-13(14,15)16/h2-5H,6-8H2,1H3,(H,19,20). The Balaban J connectivity index is 2.64. The Morgan fingerprint density at radius 1 is 1.33 bits per heavy atom. The summed E-state index contributed by atoms with van der Waals surface area (Å²) in [6.07, 6.45) is -4.56. The van der Waals surface area contributed by atoms with E-state index in [1.807, 2.05) is 0 Å². The van der Waals surface area contributed by atoms with Gasteiger partial charge in [-0.05, 0) is 17.7 Å². The van der Waals surface area contributed by atoms with Crippen molar-refractivity contribution in [3.05, 3.63) is 29.8 Å². The number of amides is 1. The minimum Gasteiger partial charge on any atom is -0.484 e. The Labute approximate surface area is 118 Å². The van der Waals surface area contributed by atoms with Crippen LogP contribution in [0.5, 0.6) is 5.75 Å². The van der Waals surface area contributed by atoms with Crippen molar-refractivity contribution in [1.82, 2.24) is 4.90 Å². The fourth-order valence-corrected chi connectivity index (χ4v) is 1.51. The summed E-state index contributed by atoms with van der Waals surface area (Å²) in [6.45, 7) is -1.85. The lowest BCUT2D eigenvalue weighted by molar-refractivity contribution is -0.153. The molecule has 5 nitrogen and oxygen atoms in total. The van der Waals surface area contributed by atoms with Crippen LogP contribution in [0.3, 0.4) is 0 Å². The zero-order valence-electron chi connectivity index (χ0n) is 11.2. The van der Waals surface area contributed by atoms with E-state index >= 15 is 0 Å². The highest BCUT2D eigenvalue weighted by Crippen LogP contribution is 2.19. The van der Waals surface area contributed by atoms with Crippen molar-refractivity contribution in [1.29, 1.82) is 0 Å². The second-order valence-corrected chi connectivity index (χ2v) is 4.37. The number of carboxylic acids is 1. The lowest BCUT2D eigenvalue weighted by Crippen LogP contribution is -2.33. The van der Waals surface area contributed by atoms with Crippen molar-refractivity contribution in [2.45, 2.75) is 12.6 Å². The molecule has 8 heteroatoms. The number of carbonyl (C=O) groups is 2. The zero-order chi connectivity index (χ0) is 16.0. The molecule has 0 bridgehead atoms. The van der Waals surface area contributed by atoms with Crippen molar-refractivity contribution in [2.75, 3.05) is 20.2 Å². The highest BCUT2D eigenvalue weighted by atomic mass is 19.4. The maximum atomic E-state index is 12.0. The molecule has 0 radical (unpaired) electrons. The van der Waals surface area contributed by atoms with Gasteiger partial charge >= 0.3 is 12.1 Å². The molecule has 0 fully saturated rings. The molecule has 1 N–H and O–H groups in total. The van der Waals surface area contributed by atoms with Gasteiger partial charge in [0.25, 0.3) is 0 Å². The van der Waals surface area contributed by atoms with Gasteiger partial charge in [-0.15, -0.1) is 0 Å². The Morgan fingerprint density at radius 3 is 2.57 bits per heavy atom. The summed E-state index contributed by atoms with van der Waals surface area (Å²) in [7, 11) is 1.33. The van der Waals surface area contributed by atoms with E-state index < -0.39 is 31.2 Å². The molecule has 1 aromatic carbocycles. The number of carboxylic acid groups (broad SMARTS) is 1. The van der Waals surface area contributed by atoms with Crippen LogP contribution < -0.4 is 4.74 Å². The van der Waals surface area contributed by atoms with Crippen LogP contribution in [0.15, 0.2) is 24.3 Å². The first kappa shape index (κ1) is 16.8. The van der Waals surface area contributed by atoms with Crippen molar-refractivity contribution < 1.29 is 32.6 Å². The Kier molecular flexibility index (Phi) is 5.57. The van der Waals surface area contributed by atoms with E-state index in [9.17, 15) is 22.8 Å². The van der Waals surface area contributed by atoms with E-state index in [2.05, 4.69) is 4.74 Å². The smallest absolute Gasteiger partial charge is 0.422 e. The van der Waals surface area contributed by atoms with E-state index in [0.29, 0.717) is 5.56 Å². The molecule has 0 heterocycles. The number of benzene rings is 1. The lowest BCUT2D eigenvalue weighted by atomic mass is 10.1. The van der Waals surface area contributed by atoms with Gasteiger partial charge in [-0.25, -0.2) is 0 Å². The number of carbonyl (C=O) groups excluding carboxylic acids is 1. The molecule has 0 saturated carbocycles. The number of halogens is 3. The van der Waals surface area contributed by atoms with Crippen molar-refractivity contribution in [2.24, 2.45) is 0 Å². The number of ether oxygens (including phenoxy) is 1. The topological polar surface area (TPSA) is 66.8 Å². The molecule has 0 spiro atoms. The first-order chi connectivity index (χ1) is 9.67. The molecular formula is C13H14F3NO4. The van der Waals surface area contributed by atoms with E-state index in [-0.39, 0.29) is 12.2 Å².